The van der Waals surface area contributed by atoms with Gasteiger partial charge in [-0.2, -0.15) is 0 Å². The average Bonchev–Trinajstić information content (AvgIpc) is 3.13. The summed E-state index contributed by atoms with van der Waals surface area (Å²) in [6, 6.07) is 13.2. The second-order valence-electron chi connectivity index (χ2n) is 6.02. The van der Waals surface area contributed by atoms with Crippen LogP contribution in [-0.4, -0.2) is 31.2 Å². The molecule has 2 aromatic carbocycles. The molecule has 3 rings (SSSR count). The molecule has 0 radical (unpaired) electrons. The number of carbonyl (C=O) groups excluding carboxylic acids is 2. The van der Waals surface area contributed by atoms with E-state index in [0.29, 0.717) is 28.5 Å². The smallest absolute Gasteiger partial charge is 0.323 e. The minimum Gasteiger partial charge on any atom is -0.376 e. The van der Waals surface area contributed by atoms with Crippen LogP contribution in [0.3, 0.4) is 0 Å². The number of nitrogens with one attached hydrogen (secondary N) is 3. The Morgan fingerprint density at radius 2 is 1.81 bits per heavy atom. The minimum absolute atomic E-state index is 0.0868. The highest BCUT2D eigenvalue weighted by Gasteiger charge is 2.16. The number of urea groups is 1. The van der Waals surface area contributed by atoms with Crippen molar-refractivity contribution in [2.45, 2.75) is 18.9 Å². The standard InChI is InChI=1S/C19H20ClN3O3/c20-14-5-2-7-16(11-14)23-19(25)22-15-6-1-4-13(10-15)18(24)21-12-17-8-3-9-26-17/h1-2,4-7,10-11,17H,3,8-9,12H2,(H,21,24)(H2,22,23,25)/t17-/m0/s1. The van der Waals surface area contributed by atoms with Crippen LogP contribution >= 0.6 is 11.6 Å². The van der Waals surface area contributed by atoms with Crippen molar-refractivity contribution in [3.05, 3.63) is 59.1 Å². The van der Waals surface area contributed by atoms with E-state index in [1.54, 1.807) is 48.5 Å². The van der Waals surface area contributed by atoms with E-state index in [1.165, 1.54) is 0 Å². The van der Waals surface area contributed by atoms with Gasteiger partial charge < -0.3 is 20.7 Å². The summed E-state index contributed by atoms with van der Waals surface area (Å²) in [5.41, 5.74) is 1.58. The predicted molar refractivity (Wildman–Crippen MR) is 102 cm³/mol. The normalized spacial score (nSPS) is 16.1. The Morgan fingerprint density at radius 3 is 2.50 bits per heavy atom. The first-order valence-electron chi connectivity index (χ1n) is 8.43. The van der Waals surface area contributed by atoms with Crippen molar-refractivity contribution in [1.82, 2.24) is 5.32 Å². The van der Waals surface area contributed by atoms with E-state index >= 15 is 0 Å². The quantitative estimate of drug-likeness (QED) is 0.743. The molecule has 0 saturated carbocycles. The lowest BCUT2D eigenvalue weighted by Gasteiger charge is -2.12. The number of benzene rings is 2. The molecule has 1 atom stereocenters. The van der Waals surface area contributed by atoms with Crippen molar-refractivity contribution in [3.63, 3.8) is 0 Å². The van der Waals surface area contributed by atoms with Crippen LogP contribution < -0.4 is 16.0 Å². The van der Waals surface area contributed by atoms with E-state index in [2.05, 4.69) is 16.0 Å². The zero-order chi connectivity index (χ0) is 18.4. The maximum atomic E-state index is 12.3. The van der Waals surface area contributed by atoms with E-state index in [4.69, 9.17) is 16.3 Å². The van der Waals surface area contributed by atoms with Crippen LogP contribution in [0, 0.1) is 0 Å². The highest BCUT2D eigenvalue weighted by atomic mass is 35.5. The zero-order valence-electron chi connectivity index (χ0n) is 14.1. The van der Waals surface area contributed by atoms with Gasteiger partial charge >= 0.3 is 6.03 Å². The van der Waals surface area contributed by atoms with Crippen LogP contribution in [0.5, 0.6) is 0 Å². The van der Waals surface area contributed by atoms with Gasteiger partial charge in [-0.25, -0.2) is 4.79 Å². The van der Waals surface area contributed by atoms with Gasteiger partial charge in [-0.1, -0.05) is 23.7 Å². The third-order valence-corrected chi connectivity index (χ3v) is 4.21. The van der Waals surface area contributed by atoms with Gasteiger partial charge in [0, 0.05) is 35.1 Å². The third kappa shape index (κ3) is 5.21. The Hall–Kier alpha value is -2.57. The molecule has 26 heavy (non-hydrogen) atoms. The van der Waals surface area contributed by atoms with Crippen molar-refractivity contribution in [3.8, 4) is 0 Å². The number of hydrogen-bond donors (Lipinski definition) is 3. The molecule has 1 fully saturated rings. The van der Waals surface area contributed by atoms with Gasteiger partial charge in [0.1, 0.15) is 0 Å². The molecule has 0 aromatic heterocycles. The van der Waals surface area contributed by atoms with Crippen LogP contribution in [-0.2, 0) is 4.74 Å². The fraction of sp³-hybridized carbons (Fsp3) is 0.263. The number of hydrogen-bond acceptors (Lipinski definition) is 3. The van der Waals surface area contributed by atoms with Gasteiger partial charge in [-0.05, 0) is 49.2 Å². The highest BCUT2D eigenvalue weighted by molar-refractivity contribution is 6.30. The first-order valence-corrected chi connectivity index (χ1v) is 8.81. The largest absolute Gasteiger partial charge is 0.376 e. The maximum Gasteiger partial charge on any atom is 0.323 e. The molecule has 1 saturated heterocycles. The lowest BCUT2D eigenvalue weighted by molar-refractivity contribution is 0.0858. The first-order chi connectivity index (χ1) is 12.6. The molecule has 7 heteroatoms. The summed E-state index contributed by atoms with van der Waals surface area (Å²) >= 11 is 5.90. The molecule has 3 N–H and O–H groups in total. The lowest BCUT2D eigenvalue weighted by atomic mass is 10.1. The van der Waals surface area contributed by atoms with Gasteiger partial charge in [-0.15, -0.1) is 0 Å². The Kier molecular flexibility index (Phi) is 6.09. The Balaban J connectivity index is 1.56. The Bertz CT molecular complexity index is 791. The molecule has 0 unspecified atom stereocenters. The van der Waals surface area contributed by atoms with E-state index in [9.17, 15) is 9.59 Å². The average molecular weight is 374 g/mol. The summed E-state index contributed by atoms with van der Waals surface area (Å²) < 4.78 is 5.49. The Labute approximate surface area is 156 Å². The topological polar surface area (TPSA) is 79.5 Å². The van der Waals surface area contributed by atoms with Crippen molar-refractivity contribution >= 4 is 34.9 Å². The molecule has 6 nitrogen and oxygen atoms in total. The molecule has 1 heterocycles. The summed E-state index contributed by atoms with van der Waals surface area (Å²) in [5, 5.41) is 8.79. The number of anilines is 2. The monoisotopic (exact) mass is 373 g/mol. The number of ether oxygens (including phenoxy) is 1. The molecule has 0 bridgehead atoms. The lowest BCUT2D eigenvalue weighted by Crippen LogP contribution is -2.31. The molecule has 1 aliphatic heterocycles. The molecule has 0 aliphatic carbocycles. The zero-order valence-corrected chi connectivity index (χ0v) is 14.9. The molecule has 2 aromatic rings. The van der Waals surface area contributed by atoms with Crippen LogP contribution in [0.25, 0.3) is 0 Å². The summed E-state index contributed by atoms with van der Waals surface area (Å²) in [6.07, 6.45) is 2.08. The second kappa shape index (κ2) is 8.69. The second-order valence-corrected chi connectivity index (χ2v) is 6.45. The first kappa shape index (κ1) is 18.2. The van der Waals surface area contributed by atoms with Gasteiger partial charge in [0.15, 0.2) is 0 Å². The third-order valence-electron chi connectivity index (χ3n) is 3.98. The number of amides is 3. The summed E-state index contributed by atoms with van der Waals surface area (Å²) in [6.45, 7) is 1.24. The molecular weight excluding hydrogens is 354 g/mol. The van der Waals surface area contributed by atoms with E-state index < -0.39 is 6.03 Å². The van der Waals surface area contributed by atoms with Gasteiger partial charge in [-0.3, -0.25) is 4.79 Å². The highest BCUT2D eigenvalue weighted by Crippen LogP contribution is 2.16. The summed E-state index contributed by atoms with van der Waals surface area (Å²) in [5.74, 6) is -0.195. The molecular formula is C19H20ClN3O3. The fourth-order valence-electron chi connectivity index (χ4n) is 2.71. The predicted octanol–water partition coefficient (Wildman–Crippen LogP) is 3.89. The van der Waals surface area contributed by atoms with Crippen LogP contribution in [0.4, 0.5) is 16.2 Å². The summed E-state index contributed by atoms with van der Waals surface area (Å²) in [7, 11) is 0. The van der Waals surface area contributed by atoms with Crippen molar-refractivity contribution in [2.75, 3.05) is 23.8 Å². The van der Waals surface area contributed by atoms with Crippen molar-refractivity contribution in [1.29, 1.82) is 0 Å². The number of rotatable bonds is 5. The van der Waals surface area contributed by atoms with Crippen molar-refractivity contribution < 1.29 is 14.3 Å². The van der Waals surface area contributed by atoms with Gasteiger partial charge in [0.05, 0.1) is 6.10 Å². The minimum atomic E-state index is -0.413. The van der Waals surface area contributed by atoms with Crippen molar-refractivity contribution in [2.24, 2.45) is 0 Å². The van der Waals surface area contributed by atoms with Crippen LogP contribution in [0.2, 0.25) is 5.02 Å². The molecule has 1 aliphatic rings. The fourth-order valence-corrected chi connectivity index (χ4v) is 2.90. The maximum absolute atomic E-state index is 12.3. The Morgan fingerprint density at radius 1 is 1.08 bits per heavy atom. The van der Waals surface area contributed by atoms with E-state index in [-0.39, 0.29) is 12.0 Å². The van der Waals surface area contributed by atoms with Crippen LogP contribution in [0.1, 0.15) is 23.2 Å². The molecule has 3 amide bonds. The number of halogens is 1. The van der Waals surface area contributed by atoms with Gasteiger partial charge in [0.25, 0.3) is 5.91 Å². The number of carbonyl (C=O) groups is 2. The van der Waals surface area contributed by atoms with Crippen LogP contribution in [0.15, 0.2) is 48.5 Å². The molecule has 0 spiro atoms. The SMILES string of the molecule is O=C(Nc1cccc(Cl)c1)Nc1cccc(C(=O)NC[C@@H]2CCCO2)c1. The van der Waals surface area contributed by atoms with Gasteiger partial charge in [0.2, 0.25) is 0 Å². The van der Waals surface area contributed by atoms with E-state index in [1.807, 2.05) is 0 Å². The molecule has 136 valence electrons. The van der Waals surface area contributed by atoms with E-state index in [0.717, 1.165) is 19.4 Å². The summed E-state index contributed by atoms with van der Waals surface area (Å²) in [4.78, 5) is 24.3.